The van der Waals surface area contributed by atoms with Crippen molar-refractivity contribution in [2.24, 2.45) is 0 Å². The van der Waals surface area contributed by atoms with Crippen LogP contribution in [-0.4, -0.2) is 23.6 Å². The highest BCUT2D eigenvalue weighted by molar-refractivity contribution is 14.1. The van der Waals surface area contributed by atoms with E-state index in [0.29, 0.717) is 24.1 Å². The first-order valence-corrected chi connectivity index (χ1v) is 10.2. The molecule has 8 heteroatoms. The van der Waals surface area contributed by atoms with Crippen LogP contribution in [0.3, 0.4) is 0 Å². The highest BCUT2D eigenvalue weighted by Gasteiger charge is 2.14. The molecule has 0 aliphatic rings. The molecule has 1 amide bonds. The number of benzene rings is 2. The summed E-state index contributed by atoms with van der Waals surface area (Å²) in [5, 5.41) is 21.0. The molecular formula is C20H16I2N2O4. The van der Waals surface area contributed by atoms with Crippen LogP contribution in [0.2, 0.25) is 0 Å². The molecule has 0 aliphatic heterocycles. The van der Waals surface area contributed by atoms with Gasteiger partial charge in [-0.15, -0.1) is 0 Å². The van der Waals surface area contributed by atoms with Gasteiger partial charge in [0, 0.05) is 5.69 Å². The molecule has 2 rings (SSSR count). The Hall–Kier alpha value is -2.13. The van der Waals surface area contributed by atoms with Crippen LogP contribution in [0.25, 0.3) is 6.08 Å². The van der Waals surface area contributed by atoms with Crippen LogP contribution in [0.1, 0.15) is 16.7 Å². The quantitative estimate of drug-likeness (QED) is 0.288. The lowest BCUT2D eigenvalue weighted by Crippen LogP contribution is -2.14. The van der Waals surface area contributed by atoms with Crippen molar-refractivity contribution >= 4 is 68.8 Å². The second kappa shape index (κ2) is 9.88. The van der Waals surface area contributed by atoms with Gasteiger partial charge in [-0.25, -0.2) is 4.79 Å². The normalized spacial score (nSPS) is 10.9. The van der Waals surface area contributed by atoms with E-state index in [2.05, 4.69) is 5.32 Å². The number of anilines is 1. The molecule has 28 heavy (non-hydrogen) atoms. The monoisotopic (exact) mass is 602 g/mol. The van der Waals surface area contributed by atoms with Crippen molar-refractivity contribution < 1.29 is 19.4 Å². The van der Waals surface area contributed by atoms with Gasteiger partial charge in [-0.05, 0) is 100.0 Å². The van der Waals surface area contributed by atoms with Crippen molar-refractivity contribution in [1.29, 1.82) is 5.26 Å². The standard InChI is InChI=1S/C20H16I2N2O4/c1-11-4-3-5-17(12(11)2)24-20(27)14(9-23)6-13-7-15(21)19(16(22)8-13)28-10-18(25)26/h3-8H,10H2,1-2H3,(H,24,27)(H,25,26)/b14-6-. The molecule has 0 atom stereocenters. The number of carbonyl (C=O) groups excluding carboxylic acids is 1. The van der Waals surface area contributed by atoms with E-state index >= 15 is 0 Å². The van der Waals surface area contributed by atoms with E-state index in [1.165, 1.54) is 6.08 Å². The predicted molar refractivity (Wildman–Crippen MR) is 123 cm³/mol. The average molecular weight is 602 g/mol. The fraction of sp³-hybridized carbons (Fsp3) is 0.150. The molecule has 2 aromatic rings. The number of halogens is 2. The molecule has 0 saturated carbocycles. The van der Waals surface area contributed by atoms with E-state index in [-0.39, 0.29) is 5.57 Å². The number of nitriles is 1. The number of hydrogen-bond acceptors (Lipinski definition) is 4. The zero-order valence-corrected chi connectivity index (χ0v) is 19.4. The number of rotatable bonds is 6. The number of amides is 1. The third-order valence-electron chi connectivity index (χ3n) is 3.89. The lowest BCUT2D eigenvalue weighted by Gasteiger charge is -2.11. The Bertz CT molecular complexity index is 987. The molecule has 2 N–H and O–H groups in total. The highest BCUT2D eigenvalue weighted by Crippen LogP contribution is 2.30. The number of nitrogens with one attached hydrogen (secondary N) is 1. The molecule has 0 unspecified atom stereocenters. The Morgan fingerprint density at radius 1 is 1.25 bits per heavy atom. The Kier molecular flexibility index (Phi) is 7.82. The summed E-state index contributed by atoms with van der Waals surface area (Å²) in [4.78, 5) is 23.2. The van der Waals surface area contributed by atoms with Crippen LogP contribution in [0.15, 0.2) is 35.9 Å². The largest absolute Gasteiger partial charge is 0.480 e. The first-order chi connectivity index (χ1) is 13.2. The first-order valence-electron chi connectivity index (χ1n) is 8.06. The zero-order valence-electron chi connectivity index (χ0n) is 15.0. The molecule has 0 heterocycles. The Morgan fingerprint density at radius 3 is 2.46 bits per heavy atom. The SMILES string of the molecule is Cc1cccc(NC(=O)/C(C#N)=C\c2cc(I)c(OCC(=O)O)c(I)c2)c1C. The third-order valence-corrected chi connectivity index (χ3v) is 5.49. The summed E-state index contributed by atoms with van der Waals surface area (Å²) in [6.07, 6.45) is 1.49. The zero-order chi connectivity index (χ0) is 20.8. The van der Waals surface area contributed by atoms with Gasteiger partial charge in [-0.2, -0.15) is 5.26 Å². The van der Waals surface area contributed by atoms with Crippen molar-refractivity contribution in [1.82, 2.24) is 0 Å². The van der Waals surface area contributed by atoms with Gasteiger partial charge < -0.3 is 15.2 Å². The van der Waals surface area contributed by atoms with Gasteiger partial charge in [-0.3, -0.25) is 4.79 Å². The fourth-order valence-electron chi connectivity index (χ4n) is 2.33. The Balaban J connectivity index is 2.28. The lowest BCUT2D eigenvalue weighted by atomic mass is 10.1. The minimum Gasteiger partial charge on any atom is -0.480 e. The van der Waals surface area contributed by atoms with Gasteiger partial charge in [0.2, 0.25) is 0 Å². The summed E-state index contributed by atoms with van der Waals surface area (Å²) < 4.78 is 6.66. The van der Waals surface area contributed by atoms with Crippen LogP contribution >= 0.6 is 45.2 Å². The van der Waals surface area contributed by atoms with E-state index < -0.39 is 18.5 Å². The molecule has 6 nitrogen and oxygen atoms in total. The number of carboxylic acid groups (broad SMARTS) is 1. The van der Waals surface area contributed by atoms with E-state index in [0.717, 1.165) is 11.1 Å². The van der Waals surface area contributed by atoms with Crippen LogP contribution in [-0.2, 0) is 9.59 Å². The molecule has 0 aromatic heterocycles. The second-order valence-corrected chi connectivity index (χ2v) is 8.19. The van der Waals surface area contributed by atoms with Crippen LogP contribution in [0, 0.1) is 32.3 Å². The number of ether oxygens (including phenoxy) is 1. The molecule has 0 bridgehead atoms. The van der Waals surface area contributed by atoms with Gasteiger partial charge in [0.15, 0.2) is 6.61 Å². The maximum Gasteiger partial charge on any atom is 0.341 e. The minimum atomic E-state index is -1.06. The molecule has 144 valence electrons. The fourth-order valence-corrected chi connectivity index (χ4v) is 4.45. The topological polar surface area (TPSA) is 99.4 Å². The van der Waals surface area contributed by atoms with Gasteiger partial charge in [-0.1, -0.05) is 12.1 Å². The number of carbonyl (C=O) groups is 2. The van der Waals surface area contributed by atoms with Gasteiger partial charge in [0.25, 0.3) is 5.91 Å². The molecule has 0 saturated heterocycles. The molecule has 0 spiro atoms. The van der Waals surface area contributed by atoms with E-state index in [1.807, 2.05) is 77.2 Å². The van der Waals surface area contributed by atoms with Crippen molar-refractivity contribution in [2.45, 2.75) is 13.8 Å². The number of carboxylic acids is 1. The van der Waals surface area contributed by atoms with Crippen molar-refractivity contribution in [3.8, 4) is 11.8 Å². The number of aliphatic carboxylic acids is 1. The third kappa shape index (κ3) is 5.68. The maximum absolute atomic E-state index is 12.5. The summed E-state index contributed by atoms with van der Waals surface area (Å²) in [6.45, 7) is 3.41. The van der Waals surface area contributed by atoms with Crippen LogP contribution < -0.4 is 10.1 Å². The molecule has 0 fully saturated rings. The average Bonchev–Trinajstić information content (AvgIpc) is 2.62. The minimum absolute atomic E-state index is 0.0355. The highest BCUT2D eigenvalue weighted by atomic mass is 127. The summed E-state index contributed by atoms with van der Waals surface area (Å²) in [6, 6.07) is 11.0. The lowest BCUT2D eigenvalue weighted by molar-refractivity contribution is -0.139. The summed E-state index contributed by atoms with van der Waals surface area (Å²) in [5.74, 6) is -1.10. The maximum atomic E-state index is 12.5. The van der Waals surface area contributed by atoms with Crippen molar-refractivity contribution in [2.75, 3.05) is 11.9 Å². The Morgan fingerprint density at radius 2 is 1.89 bits per heavy atom. The molecular weight excluding hydrogens is 586 g/mol. The van der Waals surface area contributed by atoms with E-state index in [9.17, 15) is 14.9 Å². The van der Waals surface area contributed by atoms with Crippen LogP contribution in [0.4, 0.5) is 5.69 Å². The van der Waals surface area contributed by atoms with Crippen molar-refractivity contribution in [3.05, 3.63) is 59.7 Å². The Labute approximate surface area is 189 Å². The van der Waals surface area contributed by atoms with E-state index in [4.69, 9.17) is 9.84 Å². The number of aryl methyl sites for hydroxylation is 1. The van der Waals surface area contributed by atoms with Crippen molar-refractivity contribution in [3.63, 3.8) is 0 Å². The van der Waals surface area contributed by atoms with E-state index in [1.54, 1.807) is 18.2 Å². The summed E-state index contributed by atoms with van der Waals surface area (Å²) in [5.41, 5.74) is 3.25. The molecule has 2 aromatic carbocycles. The smallest absolute Gasteiger partial charge is 0.341 e. The first kappa shape index (κ1) is 22.2. The summed E-state index contributed by atoms with van der Waals surface area (Å²) in [7, 11) is 0. The molecule has 0 radical (unpaired) electrons. The number of hydrogen-bond donors (Lipinski definition) is 2. The second-order valence-electron chi connectivity index (χ2n) is 5.87. The predicted octanol–water partition coefficient (Wildman–Crippen LogP) is 4.52. The van der Waals surface area contributed by atoms with Gasteiger partial charge in [0.1, 0.15) is 17.4 Å². The van der Waals surface area contributed by atoms with Gasteiger partial charge >= 0.3 is 5.97 Å². The number of nitrogens with zero attached hydrogens (tertiary/aromatic N) is 1. The summed E-state index contributed by atoms with van der Waals surface area (Å²) >= 11 is 4.05. The molecule has 0 aliphatic carbocycles. The van der Waals surface area contributed by atoms with Crippen LogP contribution in [0.5, 0.6) is 5.75 Å². The van der Waals surface area contributed by atoms with Gasteiger partial charge in [0.05, 0.1) is 7.14 Å².